The van der Waals surface area contributed by atoms with E-state index < -0.39 is 6.04 Å². The summed E-state index contributed by atoms with van der Waals surface area (Å²) in [7, 11) is 0. The molecule has 0 bridgehead atoms. The van der Waals surface area contributed by atoms with Gasteiger partial charge in [-0.3, -0.25) is 24.6 Å². The van der Waals surface area contributed by atoms with E-state index in [1.807, 2.05) is 24.3 Å². The van der Waals surface area contributed by atoms with Gasteiger partial charge in [0, 0.05) is 56.8 Å². The molecule has 0 aliphatic carbocycles. The number of amides is 3. The zero-order valence-electron chi connectivity index (χ0n) is 20.0. The maximum Gasteiger partial charge on any atom is 0.255 e. The zero-order chi connectivity index (χ0) is 24.4. The second kappa shape index (κ2) is 9.89. The van der Waals surface area contributed by atoms with Crippen LogP contribution in [0, 0.1) is 0 Å². The monoisotopic (exact) mass is 475 g/mol. The molecule has 1 atom stereocenters. The van der Waals surface area contributed by atoms with E-state index in [1.54, 1.807) is 4.90 Å². The van der Waals surface area contributed by atoms with Gasteiger partial charge in [-0.05, 0) is 42.0 Å². The van der Waals surface area contributed by atoms with Crippen molar-refractivity contribution in [3.8, 4) is 0 Å². The fourth-order valence-corrected chi connectivity index (χ4v) is 5.44. The van der Waals surface area contributed by atoms with Crippen molar-refractivity contribution in [2.24, 2.45) is 5.73 Å². The van der Waals surface area contributed by atoms with E-state index in [1.165, 1.54) is 5.56 Å². The lowest BCUT2D eigenvalue weighted by Gasteiger charge is -2.42. The number of hydrogen-bond donors (Lipinski definition) is 3. The van der Waals surface area contributed by atoms with Gasteiger partial charge >= 0.3 is 0 Å². The van der Waals surface area contributed by atoms with Gasteiger partial charge in [0.1, 0.15) is 6.04 Å². The number of carbonyl (C=O) groups is 3. The average molecular weight is 476 g/mol. The van der Waals surface area contributed by atoms with Crippen molar-refractivity contribution in [1.29, 1.82) is 0 Å². The standard InChI is InChI=1S/C27H33N5O3/c28-18-27(10-12-31(13-11-27)16-19-4-2-1-3-5-19)29-15-20-6-7-21-17-32(26(35)22(21)14-20)23-8-9-24(33)30-25(23)34/h1-7,14,23,29H,8-13,15-18,28H2,(H,30,33,34). The fourth-order valence-electron chi connectivity index (χ4n) is 5.44. The number of nitrogens with one attached hydrogen (secondary N) is 2. The van der Waals surface area contributed by atoms with Crippen LogP contribution in [0.4, 0.5) is 0 Å². The second-order valence-electron chi connectivity index (χ2n) is 9.99. The summed E-state index contributed by atoms with van der Waals surface area (Å²) in [6.07, 6.45) is 2.59. The Hall–Kier alpha value is -3.07. The Morgan fingerprint density at radius 2 is 1.80 bits per heavy atom. The van der Waals surface area contributed by atoms with Crippen molar-refractivity contribution in [2.45, 2.75) is 56.9 Å². The maximum absolute atomic E-state index is 13.1. The molecule has 0 saturated carbocycles. The summed E-state index contributed by atoms with van der Waals surface area (Å²) in [5.41, 5.74) is 10.0. The van der Waals surface area contributed by atoms with Crippen LogP contribution in [0.3, 0.4) is 0 Å². The van der Waals surface area contributed by atoms with Crippen LogP contribution < -0.4 is 16.4 Å². The number of hydrogen-bond acceptors (Lipinski definition) is 6. The first-order valence-electron chi connectivity index (χ1n) is 12.4. The Labute approximate surface area is 205 Å². The molecule has 1 unspecified atom stereocenters. The number of fused-ring (bicyclic) bond motifs is 1. The molecule has 3 aliphatic heterocycles. The van der Waals surface area contributed by atoms with E-state index >= 15 is 0 Å². The Bertz CT molecular complexity index is 1110. The molecular formula is C27H33N5O3. The highest BCUT2D eigenvalue weighted by molar-refractivity contribution is 6.05. The SMILES string of the molecule is NCC1(NCc2ccc3c(c2)C(=O)N(C2CCC(=O)NC2=O)C3)CCN(Cc2ccccc2)CC1. The minimum atomic E-state index is -0.587. The van der Waals surface area contributed by atoms with Crippen molar-refractivity contribution >= 4 is 17.7 Å². The molecule has 0 radical (unpaired) electrons. The number of rotatable bonds is 7. The summed E-state index contributed by atoms with van der Waals surface area (Å²) < 4.78 is 0. The van der Waals surface area contributed by atoms with Crippen molar-refractivity contribution in [3.05, 3.63) is 70.8 Å². The number of carbonyl (C=O) groups excluding carboxylic acids is 3. The van der Waals surface area contributed by atoms with Crippen LogP contribution in [0.5, 0.6) is 0 Å². The van der Waals surface area contributed by atoms with Crippen LogP contribution in [-0.4, -0.2) is 58.7 Å². The van der Waals surface area contributed by atoms with Gasteiger partial charge in [-0.15, -0.1) is 0 Å². The van der Waals surface area contributed by atoms with Crippen molar-refractivity contribution in [1.82, 2.24) is 20.4 Å². The van der Waals surface area contributed by atoms with Crippen LogP contribution in [0.1, 0.15) is 52.7 Å². The molecule has 5 rings (SSSR count). The number of piperidine rings is 2. The molecule has 2 aromatic carbocycles. The lowest BCUT2D eigenvalue weighted by atomic mass is 9.87. The molecule has 2 aromatic rings. The van der Waals surface area contributed by atoms with Crippen molar-refractivity contribution < 1.29 is 14.4 Å². The topological polar surface area (TPSA) is 108 Å². The Kier molecular flexibility index (Phi) is 6.69. The van der Waals surface area contributed by atoms with Crippen molar-refractivity contribution in [2.75, 3.05) is 19.6 Å². The van der Waals surface area contributed by atoms with Crippen molar-refractivity contribution in [3.63, 3.8) is 0 Å². The smallest absolute Gasteiger partial charge is 0.255 e. The molecule has 0 aromatic heterocycles. The van der Waals surface area contributed by atoms with Crippen LogP contribution in [0.2, 0.25) is 0 Å². The van der Waals surface area contributed by atoms with Gasteiger partial charge in [0.05, 0.1) is 0 Å². The van der Waals surface area contributed by atoms with E-state index in [9.17, 15) is 14.4 Å². The number of benzene rings is 2. The molecule has 4 N–H and O–H groups in total. The molecule has 184 valence electrons. The predicted molar refractivity (Wildman–Crippen MR) is 132 cm³/mol. The molecule has 2 saturated heterocycles. The van der Waals surface area contributed by atoms with E-state index in [4.69, 9.17) is 5.73 Å². The van der Waals surface area contributed by atoms with Gasteiger partial charge in [-0.1, -0.05) is 42.5 Å². The quantitative estimate of drug-likeness (QED) is 0.525. The molecule has 2 fully saturated rings. The van der Waals surface area contributed by atoms with Crippen LogP contribution in [-0.2, 0) is 29.2 Å². The minimum absolute atomic E-state index is 0.116. The summed E-state index contributed by atoms with van der Waals surface area (Å²) in [5, 5.41) is 6.05. The number of nitrogens with zero attached hydrogens (tertiary/aromatic N) is 2. The molecule has 35 heavy (non-hydrogen) atoms. The minimum Gasteiger partial charge on any atom is -0.329 e. The predicted octanol–water partition coefficient (Wildman–Crippen LogP) is 1.53. The third-order valence-corrected chi connectivity index (χ3v) is 7.71. The highest BCUT2D eigenvalue weighted by atomic mass is 16.2. The molecule has 3 heterocycles. The number of likely N-dealkylation sites (tertiary alicyclic amines) is 1. The zero-order valence-corrected chi connectivity index (χ0v) is 20.0. The maximum atomic E-state index is 13.1. The van der Waals surface area contributed by atoms with Gasteiger partial charge < -0.3 is 16.0 Å². The molecular weight excluding hydrogens is 442 g/mol. The highest BCUT2D eigenvalue weighted by Crippen LogP contribution is 2.29. The Morgan fingerprint density at radius 3 is 2.51 bits per heavy atom. The van der Waals surface area contributed by atoms with Gasteiger partial charge in [-0.25, -0.2) is 0 Å². The third kappa shape index (κ3) is 5.00. The van der Waals surface area contributed by atoms with Gasteiger partial charge in [0.2, 0.25) is 11.8 Å². The second-order valence-corrected chi connectivity index (χ2v) is 9.99. The molecule has 3 aliphatic rings. The normalized spacial score (nSPS) is 22.3. The lowest BCUT2D eigenvalue weighted by molar-refractivity contribution is -0.136. The van der Waals surface area contributed by atoms with E-state index in [2.05, 4.69) is 39.8 Å². The highest BCUT2D eigenvalue weighted by Gasteiger charge is 2.39. The van der Waals surface area contributed by atoms with Gasteiger partial charge in [0.25, 0.3) is 5.91 Å². The first-order chi connectivity index (χ1) is 17.0. The molecule has 8 nitrogen and oxygen atoms in total. The first-order valence-corrected chi connectivity index (χ1v) is 12.4. The summed E-state index contributed by atoms with van der Waals surface area (Å²) in [6, 6.07) is 15.9. The molecule has 0 spiro atoms. The molecule has 8 heteroatoms. The molecule has 3 amide bonds. The fraction of sp³-hybridized carbons (Fsp3) is 0.444. The van der Waals surface area contributed by atoms with E-state index in [0.29, 0.717) is 31.6 Å². The largest absolute Gasteiger partial charge is 0.329 e. The average Bonchev–Trinajstić information content (AvgIpc) is 3.20. The van der Waals surface area contributed by atoms with Crippen LogP contribution in [0.25, 0.3) is 0 Å². The van der Waals surface area contributed by atoms with E-state index in [0.717, 1.165) is 43.6 Å². The summed E-state index contributed by atoms with van der Waals surface area (Å²) in [5.74, 6) is -0.796. The lowest BCUT2D eigenvalue weighted by Crippen LogP contribution is -2.57. The van der Waals surface area contributed by atoms with Gasteiger partial charge in [-0.2, -0.15) is 0 Å². The van der Waals surface area contributed by atoms with Crippen LogP contribution in [0.15, 0.2) is 48.5 Å². The summed E-state index contributed by atoms with van der Waals surface area (Å²) in [6.45, 7) is 4.54. The first kappa shape index (κ1) is 23.7. The van der Waals surface area contributed by atoms with Gasteiger partial charge in [0.15, 0.2) is 0 Å². The summed E-state index contributed by atoms with van der Waals surface area (Å²) in [4.78, 5) is 40.9. The number of imide groups is 1. The summed E-state index contributed by atoms with van der Waals surface area (Å²) >= 11 is 0. The van der Waals surface area contributed by atoms with E-state index in [-0.39, 0.29) is 29.7 Å². The Balaban J connectivity index is 1.19. The Morgan fingerprint density at radius 1 is 1.03 bits per heavy atom. The number of nitrogens with two attached hydrogens (primary N) is 1. The third-order valence-electron chi connectivity index (χ3n) is 7.71. The van der Waals surface area contributed by atoms with Crippen LogP contribution >= 0.6 is 0 Å².